The van der Waals surface area contributed by atoms with E-state index in [0.717, 1.165) is 18.6 Å². The summed E-state index contributed by atoms with van der Waals surface area (Å²) in [6.07, 6.45) is 5.45. The third-order valence-electron chi connectivity index (χ3n) is 2.76. The van der Waals surface area contributed by atoms with E-state index in [1.807, 2.05) is 14.0 Å². The van der Waals surface area contributed by atoms with E-state index in [-0.39, 0.29) is 18.4 Å². The van der Waals surface area contributed by atoms with Crippen molar-refractivity contribution >= 4 is 17.7 Å². The molecule has 0 saturated carbocycles. The van der Waals surface area contributed by atoms with Gasteiger partial charge in [0, 0.05) is 19.4 Å². The van der Waals surface area contributed by atoms with Gasteiger partial charge in [0.2, 0.25) is 5.91 Å². The van der Waals surface area contributed by atoms with E-state index < -0.39 is 0 Å². The van der Waals surface area contributed by atoms with E-state index >= 15 is 0 Å². The lowest BCUT2D eigenvalue weighted by molar-refractivity contribution is -0.125. The lowest BCUT2D eigenvalue weighted by Gasteiger charge is -2.18. The highest BCUT2D eigenvalue weighted by atomic mass is 32.2. The van der Waals surface area contributed by atoms with Gasteiger partial charge >= 0.3 is 0 Å². The van der Waals surface area contributed by atoms with Gasteiger partial charge < -0.3 is 10.0 Å². The number of nitrogens with zero attached hydrogens (tertiary/aromatic N) is 1. The van der Waals surface area contributed by atoms with Crippen LogP contribution in [0.4, 0.5) is 0 Å². The zero-order valence-electron chi connectivity index (χ0n) is 10.1. The highest BCUT2D eigenvalue weighted by Crippen LogP contribution is 2.21. The first-order chi connectivity index (χ1) is 7.65. The first kappa shape index (κ1) is 13.6. The number of hydrogen-bond donors (Lipinski definition) is 1. The second-order valence-corrected chi connectivity index (χ2v) is 5.37. The average molecular weight is 243 g/mol. The Morgan fingerprint density at radius 2 is 2.44 bits per heavy atom. The molecular weight excluding hydrogens is 222 g/mol. The Kier molecular flexibility index (Phi) is 5.91. The Hall–Kier alpha value is -0.480. The molecule has 1 amide bonds. The fourth-order valence-electron chi connectivity index (χ4n) is 1.62. The molecule has 0 aliphatic heterocycles. The van der Waals surface area contributed by atoms with Crippen molar-refractivity contribution in [3.63, 3.8) is 0 Å². The molecule has 0 spiro atoms. The van der Waals surface area contributed by atoms with Gasteiger partial charge in [0.1, 0.15) is 0 Å². The Labute approximate surface area is 102 Å². The number of amides is 1. The van der Waals surface area contributed by atoms with Crippen molar-refractivity contribution in [2.75, 3.05) is 25.2 Å². The Balaban J connectivity index is 2.24. The van der Waals surface area contributed by atoms with Gasteiger partial charge in [-0.1, -0.05) is 13.0 Å². The molecule has 1 rings (SSSR count). The van der Waals surface area contributed by atoms with E-state index in [9.17, 15) is 4.79 Å². The normalized spacial score (nSPS) is 17.1. The number of carbonyl (C=O) groups excluding carboxylic acids is 1. The third kappa shape index (κ3) is 4.18. The molecule has 0 bridgehead atoms. The van der Waals surface area contributed by atoms with Crippen LogP contribution in [0.1, 0.15) is 26.2 Å². The van der Waals surface area contributed by atoms with Gasteiger partial charge in [-0.15, -0.1) is 0 Å². The summed E-state index contributed by atoms with van der Waals surface area (Å²) in [6.45, 7) is 2.18. The van der Waals surface area contributed by atoms with Crippen LogP contribution in [-0.4, -0.2) is 41.1 Å². The molecule has 1 N–H and O–H groups in total. The Morgan fingerprint density at radius 3 is 3.00 bits per heavy atom. The van der Waals surface area contributed by atoms with Gasteiger partial charge in [-0.2, -0.15) is 11.8 Å². The number of hydrogen-bond acceptors (Lipinski definition) is 3. The number of carbonyl (C=O) groups is 1. The fraction of sp³-hybridized carbons (Fsp3) is 0.750. The molecule has 1 aliphatic rings. The molecule has 0 saturated heterocycles. The predicted molar refractivity (Wildman–Crippen MR) is 68.3 cm³/mol. The van der Waals surface area contributed by atoms with E-state index in [4.69, 9.17) is 5.11 Å². The molecule has 1 unspecified atom stereocenters. The van der Waals surface area contributed by atoms with Crippen molar-refractivity contribution in [1.82, 2.24) is 4.90 Å². The minimum absolute atomic E-state index is 0.170. The molecule has 0 aromatic heterocycles. The van der Waals surface area contributed by atoms with Crippen molar-refractivity contribution < 1.29 is 9.90 Å². The van der Waals surface area contributed by atoms with Gasteiger partial charge in [-0.05, 0) is 30.9 Å². The quantitative estimate of drug-likeness (QED) is 0.774. The largest absolute Gasteiger partial charge is 0.396 e. The summed E-state index contributed by atoms with van der Waals surface area (Å²) in [5.74, 6) is 1.80. The highest BCUT2D eigenvalue weighted by Gasteiger charge is 2.15. The van der Waals surface area contributed by atoms with Crippen molar-refractivity contribution in [1.29, 1.82) is 0 Å². The smallest absolute Gasteiger partial charge is 0.236 e. The molecule has 1 atom stereocenters. The summed E-state index contributed by atoms with van der Waals surface area (Å²) in [5, 5.41) is 8.86. The molecule has 92 valence electrons. The second kappa shape index (κ2) is 6.97. The number of rotatable bonds is 6. The average Bonchev–Trinajstić information content (AvgIpc) is 2.81. The lowest BCUT2D eigenvalue weighted by Crippen LogP contribution is -2.27. The van der Waals surface area contributed by atoms with Gasteiger partial charge in [-0.25, -0.2) is 0 Å². The maximum atomic E-state index is 11.8. The van der Waals surface area contributed by atoms with Crippen LogP contribution in [0.5, 0.6) is 0 Å². The summed E-state index contributed by atoms with van der Waals surface area (Å²) in [7, 11) is 1.86. The number of aliphatic hydroxyl groups excluding tert-OH is 1. The van der Waals surface area contributed by atoms with Gasteiger partial charge in [0.25, 0.3) is 0 Å². The predicted octanol–water partition coefficient (Wildman–Crippen LogP) is 1.87. The standard InChI is InChI=1S/C12H21NO2S/c1-10(7-14)8-16-9-12(15)13(2)11-5-3-4-6-11/h5,10,14H,3-4,6-9H2,1-2H3. The maximum Gasteiger partial charge on any atom is 0.236 e. The number of aliphatic hydroxyl groups is 1. The SMILES string of the molecule is CC(CO)CSCC(=O)N(C)C1=CCCC1. The molecular formula is C12H21NO2S. The van der Waals surface area contributed by atoms with E-state index in [0.29, 0.717) is 5.75 Å². The van der Waals surface area contributed by atoms with Gasteiger partial charge in [0.05, 0.1) is 5.75 Å². The summed E-state index contributed by atoms with van der Waals surface area (Å²) in [4.78, 5) is 13.6. The van der Waals surface area contributed by atoms with Crippen molar-refractivity contribution in [3.05, 3.63) is 11.8 Å². The zero-order valence-corrected chi connectivity index (χ0v) is 10.9. The minimum Gasteiger partial charge on any atom is -0.396 e. The van der Waals surface area contributed by atoms with E-state index in [1.165, 1.54) is 12.1 Å². The summed E-state index contributed by atoms with van der Waals surface area (Å²) >= 11 is 1.60. The van der Waals surface area contributed by atoms with Gasteiger partial charge in [0.15, 0.2) is 0 Å². The molecule has 0 heterocycles. The topological polar surface area (TPSA) is 40.5 Å². The minimum atomic E-state index is 0.170. The van der Waals surface area contributed by atoms with Crippen LogP contribution < -0.4 is 0 Å². The van der Waals surface area contributed by atoms with Crippen LogP contribution in [0.15, 0.2) is 11.8 Å². The Morgan fingerprint density at radius 1 is 1.69 bits per heavy atom. The van der Waals surface area contributed by atoms with Crippen LogP contribution in [-0.2, 0) is 4.79 Å². The first-order valence-corrected chi connectivity index (χ1v) is 6.94. The van der Waals surface area contributed by atoms with Crippen LogP contribution in [0.2, 0.25) is 0 Å². The molecule has 1 aliphatic carbocycles. The van der Waals surface area contributed by atoms with Crippen molar-refractivity contribution in [2.45, 2.75) is 26.2 Å². The maximum absolute atomic E-state index is 11.8. The molecule has 0 aromatic carbocycles. The zero-order chi connectivity index (χ0) is 12.0. The molecule has 0 aromatic rings. The summed E-state index contributed by atoms with van der Waals surface area (Å²) in [5.41, 5.74) is 1.17. The first-order valence-electron chi connectivity index (χ1n) is 5.79. The number of allylic oxidation sites excluding steroid dienone is 2. The van der Waals surface area contributed by atoms with Crippen LogP contribution >= 0.6 is 11.8 Å². The van der Waals surface area contributed by atoms with Crippen LogP contribution in [0.25, 0.3) is 0 Å². The highest BCUT2D eigenvalue weighted by molar-refractivity contribution is 7.99. The fourth-order valence-corrected chi connectivity index (χ4v) is 2.61. The third-order valence-corrected chi connectivity index (χ3v) is 4.02. The summed E-state index contributed by atoms with van der Waals surface area (Å²) < 4.78 is 0. The molecule has 0 fully saturated rings. The number of thioether (sulfide) groups is 1. The lowest BCUT2D eigenvalue weighted by atomic mass is 10.2. The summed E-state index contributed by atoms with van der Waals surface area (Å²) in [6, 6.07) is 0. The molecule has 16 heavy (non-hydrogen) atoms. The van der Waals surface area contributed by atoms with Crippen molar-refractivity contribution in [2.24, 2.45) is 5.92 Å². The molecule has 4 heteroatoms. The van der Waals surface area contributed by atoms with Crippen LogP contribution in [0.3, 0.4) is 0 Å². The molecule has 3 nitrogen and oxygen atoms in total. The second-order valence-electron chi connectivity index (χ2n) is 4.34. The molecule has 0 radical (unpaired) electrons. The Bertz CT molecular complexity index is 266. The van der Waals surface area contributed by atoms with E-state index in [2.05, 4.69) is 6.08 Å². The van der Waals surface area contributed by atoms with Crippen molar-refractivity contribution in [3.8, 4) is 0 Å². The van der Waals surface area contributed by atoms with Gasteiger partial charge in [-0.3, -0.25) is 4.79 Å². The monoisotopic (exact) mass is 243 g/mol. The van der Waals surface area contributed by atoms with E-state index in [1.54, 1.807) is 16.7 Å². The van der Waals surface area contributed by atoms with Crippen LogP contribution in [0, 0.1) is 5.92 Å².